The van der Waals surface area contributed by atoms with E-state index in [-0.39, 0.29) is 5.91 Å². The van der Waals surface area contributed by atoms with Gasteiger partial charge in [0, 0.05) is 30.6 Å². The predicted octanol–water partition coefficient (Wildman–Crippen LogP) is 4.57. The first-order valence-electron chi connectivity index (χ1n) is 8.63. The van der Waals surface area contributed by atoms with E-state index in [0.29, 0.717) is 18.1 Å². The molecule has 0 aliphatic heterocycles. The largest absolute Gasteiger partial charge is 0.437 e. The smallest absolute Gasteiger partial charge is 0.237 e. The van der Waals surface area contributed by atoms with Crippen molar-refractivity contribution in [3.05, 3.63) is 42.9 Å². The summed E-state index contributed by atoms with van der Waals surface area (Å²) in [5.74, 6) is 1.84. The molecule has 1 amide bonds. The summed E-state index contributed by atoms with van der Waals surface area (Å²) in [6, 6.07) is 7.34. The number of nitrogens with zero attached hydrogens (tertiary/aromatic N) is 2. The molecule has 0 saturated heterocycles. The zero-order valence-electron chi connectivity index (χ0n) is 13.8. The molecule has 2 aromatic rings. The Labute approximate surface area is 142 Å². The third-order valence-corrected chi connectivity index (χ3v) is 4.38. The zero-order valence-corrected chi connectivity index (χ0v) is 13.8. The number of rotatable bonds is 6. The average Bonchev–Trinajstić information content (AvgIpc) is 2.62. The van der Waals surface area contributed by atoms with Gasteiger partial charge in [-0.1, -0.05) is 38.2 Å². The summed E-state index contributed by atoms with van der Waals surface area (Å²) in [6.07, 6.45) is 12.8. The molecule has 1 N–H and O–H groups in total. The van der Waals surface area contributed by atoms with Crippen LogP contribution in [0.25, 0.3) is 0 Å². The number of aromatic nitrogens is 2. The quantitative estimate of drug-likeness (QED) is 0.845. The fourth-order valence-electron chi connectivity index (χ4n) is 3.13. The highest BCUT2D eigenvalue weighted by atomic mass is 16.5. The fraction of sp³-hybridized carbons (Fsp3) is 0.421. The maximum Gasteiger partial charge on any atom is 0.237 e. The van der Waals surface area contributed by atoms with Crippen LogP contribution in [0.15, 0.2) is 42.9 Å². The molecule has 0 radical (unpaired) electrons. The second kappa shape index (κ2) is 8.43. The molecule has 1 heterocycles. The van der Waals surface area contributed by atoms with Crippen LogP contribution in [0, 0.1) is 5.92 Å². The molecule has 1 aliphatic rings. The van der Waals surface area contributed by atoms with E-state index < -0.39 is 0 Å². The van der Waals surface area contributed by atoms with Gasteiger partial charge in [-0.25, -0.2) is 4.98 Å². The van der Waals surface area contributed by atoms with Crippen molar-refractivity contribution in [2.45, 2.75) is 44.9 Å². The lowest BCUT2D eigenvalue weighted by Gasteiger charge is -2.21. The van der Waals surface area contributed by atoms with Gasteiger partial charge < -0.3 is 10.1 Å². The lowest BCUT2D eigenvalue weighted by atomic mass is 9.86. The lowest BCUT2D eigenvalue weighted by Crippen LogP contribution is -2.14. The van der Waals surface area contributed by atoms with Crippen LogP contribution in [-0.4, -0.2) is 15.9 Å². The predicted molar refractivity (Wildman–Crippen MR) is 93.0 cm³/mol. The maximum atomic E-state index is 12.2. The number of hydrogen-bond acceptors (Lipinski definition) is 4. The van der Waals surface area contributed by atoms with Gasteiger partial charge in [-0.2, -0.15) is 0 Å². The van der Waals surface area contributed by atoms with Crippen LogP contribution < -0.4 is 10.1 Å². The van der Waals surface area contributed by atoms with Crippen LogP contribution in [0.4, 0.5) is 5.69 Å². The van der Waals surface area contributed by atoms with E-state index in [4.69, 9.17) is 4.74 Å². The summed E-state index contributed by atoms with van der Waals surface area (Å²) in [6.45, 7) is 0. The van der Waals surface area contributed by atoms with Crippen LogP contribution in [0.5, 0.6) is 11.6 Å². The Balaban J connectivity index is 1.51. The van der Waals surface area contributed by atoms with Crippen molar-refractivity contribution in [3.63, 3.8) is 0 Å². The summed E-state index contributed by atoms with van der Waals surface area (Å²) < 4.78 is 5.63. The molecule has 5 heteroatoms. The highest BCUT2D eigenvalue weighted by Crippen LogP contribution is 2.27. The molecule has 0 unspecified atom stereocenters. The fourth-order valence-corrected chi connectivity index (χ4v) is 3.13. The van der Waals surface area contributed by atoms with Crippen LogP contribution >= 0.6 is 0 Å². The average molecular weight is 325 g/mol. The molecule has 3 rings (SSSR count). The second-order valence-corrected chi connectivity index (χ2v) is 6.26. The minimum atomic E-state index is 0.0669. The van der Waals surface area contributed by atoms with Crippen molar-refractivity contribution in [3.8, 4) is 11.6 Å². The first-order chi connectivity index (χ1) is 11.8. The van der Waals surface area contributed by atoms with Gasteiger partial charge in [-0.15, -0.1) is 0 Å². The van der Waals surface area contributed by atoms with E-state index in [0.717, 1.165) is 18.0 Å². The van der Waals surface area contributed by atoms with Gasteiger partial charge in [0.2, 0.25) is 11.8 Å². The monoisotopic (exact) mass is 325 g/mol. The minimum Gasteiger partial charge on any atom is -0.437 e. The molecule has 5 nitrogen and oxygen atoms in total. The van der Waals surface area contributed by atoms with Gasteiger partial charge in [-0.05, 0) is 24.5 Å². The van der Waals surface area contributed by atoms with Gasteiger partial charge in [0.1, 0.15) is 5.75 Å². The third kappa shape index (κ3) is 5.05. The van der Waals surface area contributed by atoms with Crippen molar-refractivity contribution >= 4 is 11.6 Å². The number of ether oxygens (including phenoxy) is 1. The number of amides is 1. The normalized spacial score (nSPS) is 15.0. The topological polar surface area (TPSA) is 64.1 Å². The van der Waals surface area contributed by atoms with E-state index in [2.05, 4.69) is 15.3 Å². The molecule has 24 heavy (non-hydrogen) atoms. The lowest BCUT2D eigenvalue weighted by molar-refractivity contribution is -0.116. The Morgan fingerprint density at radius 2 is 2.08 bits per heavy atom. The first-order valence-corrected chi connectivity index (χ1v) is 8.63. The molecule has 0 atom stereocenters. The van der Waals surface area contributed by atoms with E-state index in [1.807, 2.05) is 18.2 Å². The number of anilines is 1. The van der Waals surface area contributed by atoms with Crippen molar-refractivity contribution in [2.24, 2.45) is 5.92 Å². The molecule has 0 bridgehead atoms. The minimum absolute atomic E-state index is 0.0669. The van der Waals surface area contributed by atoms with Crippen LogP contribution in [0.3, 0.4) is 0 Å². The summed E-state index contributed by atoms with van der Waals surface area (Å²) in [5.41, 5.74) is 0.741. The summed E-state index contributed by atoms with van der Waals surface area (Å²) in [5, 5.41) is 2.95. The Bertz CT molecular complexity index is 655. The van der Waals surface area contributed by atoms with Gasteiger partial charge in [0.05, 0.1) is 6.20 Å². The van der Waals surface area contributed by atoms with E-state index >= 15 is 0 Å². The van der Waals surface area contributed by atoms with Crippen LogP contribution in [0.2, 0.25) is 0 Å². The number of nitrogens with one attached hydrogen (secondary N) is 1. The summed E-state index contributed by atoms with van der Waals surface area (Å²) in [4.78, 5) is 20.2. The third-order valence-electron chi connectivity index (χ3n) is 4.38. The van der Waals surface area contributed by atoms with Gasteiger partial charge in [0.25, 0.3) is 0 Å². The Morgan fingerprint density at radius 3 is 2.88 bits per heavy atom. The standard InChI is InChI=1S/C19H23N3O2/c23-18(10-9-15-5-2-1-3-6-15)22-16-7-4-8-17(13-16)24-19-14-20-11-12-21-19/h4,7-8,11-15H,1-3,5-6,9-10H2,(H,22,23). The van der Waals surface area contributed by atoms with E-state index in [1.54, 1.807) is 24.7 Å². The molecule has 1 aromatic carbocycles. The highest BCUT2D eigenvalue weighted by molar-refractivity contribution is 5.90. The molecular weight excluding hydrogens is 302 g/mol. The van der Waals surface area contributed by atoms with E-state index in [9.17, 15) is 4.79 Å². The molecule has 1 saturated carbocycles. The van der Waals surface area contributed by atoms with Gasteiger partial charge in [0.15, 0.2) is 0 Å². The van der Waals surface area contributed by atoms with Crippen LogP contribution in [-0.2, 0) is 4.79 Å². The molecule has 1 aromatic heterocycles. The SMILES string of the molecule is O=C(CCC1CCCCC1)Nc1cccc(Oc2cnccn2)c1. The Kier molecular flexibility index (Phi) is 5.77. The van der Waals surface area contributed by atoms with E-state index in [1.165, 1.54) is 32.1 Å². The number of benzene rings is 1. The summed E-state index contributed by atoms with van der Waals surface area (Å²) in [7, 11) is 0. The first kappa shape index (κ1) is 16.4. The van der Waals surface area contributed by atoms with Gasteiger partial charge in [-0.3, -0.25) is 9.78 Å². The van der Waals surface area contributed by atoms with Gasteiger partial charge >= 0.3 is 0 Å². The van der Waals surface area contributed by atoms with Crippen molar-refractivity contribution in [2.75, 3.05) is 5.32 Å². The molecular formula is C19H23N3O2. The highest BCUT2D eigenvalue weighted by Gasteiger charge is 2.15. The number of carbonyl (C=O) groups excluding carboxylic acids is 1. The Morgan fingerprint density at radius 1 is 1.21 bits per heavy atom. The number of carbonyl (C=O) groups is 1. The Hall–Kier alpha value is -2.43. The molecule has 1 aliphatic carbocycles. The van der Waals surface area contributed by atoms with Crippen LogP contribution in [0.1, 0.15) is 44.9 Å². The second-order valence-electron chi connectivity index (χ2n) is 6.26. The van der Waals surface area contributed by atoms with Crippen molar-refractivity contribution in [1.82, 2.24) is 9.97 Å². The molecule has 126 valence electrons. The summed E-state index contributed by atoms with van der Waals surface area (Å²) >= 11 is 0. The molecule has 0 spiro atoms. The van der Waals surface area contributed by atoms with Crippen molar-refractivity contribution in [1.29, 1.82) is 0 Å². The zero-order chi connectivity index (χ0) is 16.6. The molecule has 1 fully saturated rings. The number of hydrogen-bond donors (Lipinski definition) is 1. The van der Waals surface area contributed by atoms with Crippen molar-refractivity contribution < 1.29 is 9.53 Å². The maximum absolute atomic E-state index is 12.2.